The molecule has 2 rings (SSSR count). The lowest BCUT2D eigenvalue weighted by atomic mass is 9.64. The van der Waals surface area contributed by atoms with Gasteiger partial charge in [-0.05, 0) is 44.0 Å². The molecule has 92 valence electrons. The zero-order chi connectivity index (χ0) is 12.6. The van der Waals surface area contributed by atoms with Crippen molar-refractivity contribution in [3.63, 3.8) is 0 Å². The molecule has 1 fully saturated rings. The Balaban J connectivity index is 2.12. The highest BCUT2D eigenvalue weighted by Gasteiger charge is 2.51. The van der Waals surface area contributed by atoms with E-state index in [9.17, 15) is 4.79 Å². The molecule has 0 bridgehead atoms. The van der Waals surface area contributed by atoms with Gasteiger partial charge in [0.05, 0.1) is 5.41 Å². The first-order valence-corrected chi connectivity index (χ1v) is 6.73. The fourth-order valence-electron chi connectivity index (χ4n) is 2.13. The fourth-order valence-corrected chi connectivity index (χ4v) is 2.37. The lowest BCUT2D eigenvalue weighted by molar-refractivity contribution is -0.150. The Labute approximate surface area is 110 Å². The number of rotatable bonds is 3. The van der Waals surface area contributed by atoms with Crippen LogP contribution in [-0.4, -0.2) is 11.9 Å². The molecule has 2 unspecified atom stereocenters. The van der Waals surface area contributed by atoms with Gasteiger partial charge in [-0.25, -0.2) is 0 Å². The number of ether oxygens (including phenoxy) is 1. The normalized spacial score (nSPS) is 27.8. The maximum Gasteiger partial charge on any atom is 0.146 e. The van der Waals surface area contributed by atoms with Gasteiger partial charge < -0.3 is 4.74 Å². The van der Waals surface area contributed by atoms with Gasteiger partial charge in [-0.2, -0.15) is 0 Å². The highest BCUT2D eigenvalue weighted by atomic mass is 79.9. The van der Waals surface area contributed by atoms with Gasteiger partial charge in [0.25, 0.3) is 0 Å². The predicted molar refractivity (Wildman–Crippen MR) is 71.3 cm³/mol. The number of ketones is 1. The van der Waals surface area contributed by atoms with Crippen molar-refractivity contribution in [2.75, 3.05) is 0 Å². The minimum absolute atomic E-state index is 0.0283. The van der Waals surface area contributed by atoms with Crippen LogP contribution in [0.2, 0.25) is 0 Å². The van der Waals surface area contributed by atoms with Gasteiger partial charge in [0.1, 0.15) is 17.6 Å². The first-order chi connectivity index (χ1) is 7.97. The second-order valence-corrected chi connectivity index (χ2v) is 5.77. The molecule has 1 aliphatic rings. The average molecular weight is 297 g/mol. The second kappa shape index (κ2) is 4.45. The third kappa shape index (κ3) is 2.13. The van der Waals surface area contributed by atoms with Gasteiger partial charge in [-0.15, -0.1) is 0 Å². The molecular weight excluding hydrogens is 280 g/mol. The van der Waals surface area contributed by atoms with Crippen LogP contribution >= 0.6 is 15.9 Å². The van der Waals surface area contributed by atoms with E-state index in [1.807, 2.05) is 39.0 Å². The predicted octanol–water partition coefficient (Wildman–Crippen LogP) is 3.89. The molecule has 1 saturated carbocycles. The van der Waals surface area contributed by atoms with Gasteiger partial charge in [0.15, 0.2) is 0 Å². The molecule has 1 aliphatic carbocycles. The summed E-state index contributed by atoms with van der Waals surface area (Å²) >= 11 is 3.46. The molecule has 2 atom stereocenters. The van der Waals surface area contributed by atoms with Crippen molar-refractivity contribution < 1.29 is 9.53 Å². The van der Waals surface area contributed by atoms with E-state index in [4.69, 9.17) is 4.74 Å². The van der Waals surface area contributed by atoms with E-state index in [1.165, 1.54) is 0 Å². The number of benzene rings is 1. The van der Waals surface area contributed by atoms with Crippen molar-refractivity contribution in [3.8, 4) is 5.75 Å². The first kappa shape index (κ1) is 12.6. The molecule has 0 aliphatic heterocycles. The monoisotopic (exact) mass is 296 g/mol. The van der Waals surface area contributed by atoms with Crippen molar-refractivity contribution in [3.05, 3.63) is 28.2 Å². The maximum atomic E-state index is 11.6. The first-order valence-electron chi connectivity index (χ1n) is 5.93. The van der Waals surface area contributed by atoms with Crippen LogP contribution in [0.1, 0.15) is 32.3 Å². The standard InChI is InChI=1S/C14H17BrO2/c1-4-14(3)12(16)8-13(14)17-10-5-6-11(15)9(2)7-10/h5-7,13H,4,8H2,1-3H3. The highest BCUT2D eigenvalue weighted by molar-refractivity contribution is 9.10. The minimum atomic E-state index is -0.291. The number of carbonyl (C=O) groups excluding carboxylic acids is 1. The van der Waals surface area contributed by atoms with Gasteiger partial charge in [-0.3, -0.25) is 4.79 Å². The number of aryl methyl sites for hydroxylation is 1. The molecule has 0 heterocycles. The number of carbonyl (C=O) groups is 1. The van der Waals surface area contributed by atoms with Crippen molar-refractivity contribution in [2.45, 2.75) is 39.7 Å². The molecule has 0 N–H and O–H groups in total. The maximum absolute atomic E-state index is 11.6. The summed E-state index contributed by atoms with van der Waals surface area (Å²) in [5.74, 6) is 1.17. The summed E-state index contributed by atoms with van der Waals surface area (Å²) in [6.45, 7) is 6.07. The molecule has 0 saturated heterocycles. The number of halogens is 1. The van der Waals surface area contributed by atoms with Crippen LogP contribution in [0.4, 0.5) is 0 Å². The van der Waals surface area contributed by atoms with Gasteiger partial charge in [0, 0.05) is 10.9 Å². The summed E-state index contributed by atoms with van der Waals surface area (Å²) in [6, 6.07) is 5.92. The molecule has 0 amide bonds. The topological polar surface area (TPSA) is 26.3 Å². The molecular formula is C14H17BrO2. The Hall–Kier alpha value is -0.830. The smallest absolute Gasteiger partial charge is 0.146 e. The SMILES string of the molecule is CCC1(C)C(=O)CC1Oc1ccc(Br)c(C)c1. The van der Waals surface area contributed by atoms with Crippen LogP contribution < -0.4 is 4.74 Å². The Morgan fingerprint density at radius 3 is 2.76 bits per heavy atom. The lowest BCUT2D eigenvalue weighted by Gasteiger charge is -2.44. The summed E-state index contributed by atoms with van der Waals surface area (Å²) in [5, 5.41) is 0. The van der Waals surface area contributed by atoms with E-state index in [-0.39, 0.29) is 11.5 Å². The molecule has 1 aromatic carbocycles. The van der Waals surface area contributed by atoms with Crippen LogP contribution in [-0.2, 0) is 4.79 Å². The van der Waals surface area contributed by atoms with E-state index < -0.39 is 0 Å². The average Bonchev–Trinajstić information content (AvgIpc) is 2.32. The Kier molecular flexibility index (Phi) is 3.30. The Morgan fingerprint density at radius 2 is 2.24 bits per heavy atom. The molecule has 2 nitrogen and oxygen atoms in total. The van der Waals surface area contributed by atoms with E-state index in [2.05, 4.69) is 15.9 Å². The van der Waals surface area contributed by atoms with Gasteiger partial charge in [-0.1, -0.05) is 22.9 Å². The summed E-state index contributed by atoms with van der Waals surface area (Å²) in [5.41, 5.74) is 0.854. The lowest BCUT2D eigenvalue weighted by Crippen LogP contribution is -2.54. The molecule has 0 aromatic heterocycles. The third-order valence-corrected chi connectivity index (χ3v) is 4.75. The van der Waals surface area contributed by atoms with Crippen molar-refractivity contribution in [1.82, 2.24) is 0 Å². The van der Waals surface area contributed by atoms with Crippen LogP contribution in [0.5, 0.6) is 5.75 Å². The molecule has 0 spiro atoms. The van der Waals surface area contributed by atoms with Crippen molar-refractivity contribution >= 4 is 21.7 Å². The van der Waals surface area contributed by atoms with Gasteiger partial charge in [0.2, 0.25) is 0 Å². The van der Waals surface area contributed by atoms with Crippen molar-refractivity contribution in [1.29, 1.82) is 0 Å². The minimum Gasteiger partial charge on any atom is -0.489 e. The van der Waals surface area contributed by atoms with Crippen molar-refractivity contribution in [2.24, 2.45) is 5.41 Å². The highest BCUT2D eigenvalue weighted by Crippen LogP contribution is 2.42. The number of hydrogen-bond donors (Lipinski definition) is 0. The van der Waals surface area contributed by atoms with E-state index in [0.717, 1.165) is 22.2 Å². The fraction of sp³-hybridized carbons (Fsp3) is 0.500. The summed E-state index contributed by atoms with van der Waals surface area (Å²) < 4.78 is 7.00. The van der Waals surface area contributed by atoms with Crippen LogP contribution in [0.15, 0.2) is 22.7 Å². The Morgan fingerprint density at radius 1 is 1.53 bits per heavy atom. The molecule has 17 heavy (non-hydrogen) atoms. The number of Topliss-reactive ketones (excluding diaryl/α,β-unsaturated/α-hetero) is 1. The molecule has 0 radical (unpaired) electrons. The number of hydrogen-bond acceptors (Lipinski definition) is 2. The quantitative estimate of drug-likeness (QED) is 0.846. The largest absolute Gasteiger partial charge is 0.489 e. The zero-order valence-corrected chi connectivity index (χ0v) is 12.0. The van der Waals surface area contributed by atoms with Crippen LogP contribution in [0.3, 0.4) is 0 Å². The van der Waals surface area contributed by atoms with E-state index in [0.29, 0.717) is 12.2 Å². The second-order valence-electron chi connectivity index (χ2n) is 4.92. The van der Waals surface area contributed by atoms with E-state index in [1.54, 1.807) is 0 Å². The van der Waals surface area contributed by atoms with Crippen LogP contribution in [0, 0.1) is 12.3 Å². The summed E-state index contributed by atoms with van der Waals surface area (Å²) in [7, 11) is 0. The summed E-state index contributed by atoms with van der Waals surface area (Å²) in [6.07, 6.45) is 1.41. The van der Waals surface area contributed by atoms with Crippen LogP contribution in [0.25, 0.3) is 0 Å². The summed E-state index contributed by atoms with van der Waals surface area (Å²) in [4.78, 5) is 11.6. The molecule has 3 heteroatoms. The molecule has 1 aromatic rings. The zero-order valence-electron chi connectivity index (χ0n) is 10.4. The third-order valence-electron chi connectivity index (χ3n) is 3.86. The van der Waals surface area contributed by atoms with Gasteiger partial charge >= 0.3 is 0 Å². The van der Waals surface area contributed by atoms with E-state index >= 15 is 0 Å². The Bertz CT molecular complexity index is 456.